The number of fused-ring (bicyclic) bond motifs is 1. The number of amides is 1. The van der Waals surface area contributed by atoms with Crippen molar-refractivity contribution < 1.29 is 19.4 Å². The number of carbonyl (C=O) groups excluding carboxylic acids is 1. The molecule has 2 aromatic heterocycles. The first-order chi connectivity index (χ1) is 11.6. The van der Waals surface area contributed by atoms with Crippen LogP contribution in [0, 0.1) is 0 Å². The van der Waals surface area contributed by atoms with E-state index in [0.717, 1.165) is 0 Å². The van der Waals surface area contributed by atoms with Crippen molar-refractivity contribution in [2.75, 3.05) is 0 Å². The molecule has 9 heteroatoms. The Kier molecular flexibility index (Phi) is 5.52. The number of nitrogens with one attached hydrogen (secondary N) is 1. The number of carbonyl (C=O) groups is 2. The summed E-state index contributed by atoms with van der Waals surface area (Å²) < 4.78 is 6.76. The maximum Gasteiger partial charge on any atom is 0.407 e. The van der Waals surface area contributed by atoms with Crippen molar-refractivity contribution in [3.05, 3.63) is 23.2 Å². The third kappa shape index (κ3) is 4.82. The fourth-order valence-electron chi connectivity index (χ4n) is 2.35. The second-order valence-corrected chi connectivity index (χ2v) is 6.95. The predicted octanol–water partition coefficient (Wildman–Crippen LogP) is 3.09. The molecule has 2 N–H and O–H groups in total. The molecule has 0 fully saturated rings. The quantitative estimate of drug-likeness (QED) is 0.785. The molecule has 0 saturated carbocycles. The first-order valence-electron chi connectivity index (χ1n) is 7.85. The maximum atomic E-state index is 12.0. The molecule has 0 bridgehead atoms. The molecule has 2 heterocycles. The van der Waals surface area contributed by atoms with Gasteiger partial charge in [-0.2, -0.15) is 4.98 Å². The van der Waals surface area contributed by atoms with Gasteiger partial charge in [-0.1, -0.05) is 6.92 Å². The largest absolute Gasteiger partial charge is 0.477 e. The maximum absolute atomic E-state index is 12.0. The van der Waals surface area contributed by atoms with Gasteiger partial charge in [-0.05, 0) is 44.9 Å². The van der Waals surface area contributed by atoms with Crippen molar-refractivity contribution in [1.82, 2.24) is 19.9 Å². The second kappa shape index (κ2) is 7.26. The number of aromatic nitrogens is 3. The molecule has 0 spiro atoms. The van der Waals surface area contributed by atoms with E-state index in [9.17, 15) is 14.7 Å². The molecular weight excluding hydrogens is 348 g/mol. The highest BCUT2D eigenvalue weighted by Crippen LogP contribution is 2.20. The van der Waals surface area contributed by atoms with Gasteiger partial charge in [0.05, 0.1) is 0 Å². The van der Waals surface area contributed by atoms with Crippen LogP contribution in [0.1, 0.15) is 44.6 Å². The molecule has 1 unspecified atom stereocenters. The Hall–Kier alpha value is -2.35. The highest BCUT2D eigenvalue weighted by Gasteiger charge is 2.22. The number of nitrogens with zero attached hydrogens (tertiary/aromatic N) is 3. The molecule has 2 rings (SSSR count). The van der Waals surface area contributed by atoms with Gasteiger partial charge < -0.3 is 19.7 Å². The second-order valence-electron chi connectivity index (χ2n) is 6.61. The van der Waals surface area contributed by atoms with E-state index < -0.39 is 17.7 Å². The summed E-state index contributed by atoms with van der Waals surface area (Å²) in [6, 6.07) is 1.14. The van der Waals surface area contributed by atoms with Crippen LogP contribution in [0.2, 0.25) is 5.28 Å². The van der Waals surface area contributed by atoms with Crippen LogP contribution in [-0.2, 0) is 11.3 Å². The zero-order valence-electron chi connectivity index (χ0n) is 14.5. The van der Waals surface area contributed by atoms with Crippen molar-refractivity contribution in [2.24, 2.45) is 0 Å². The minimum absolute atomic E-state index is 0.0249. The summed E-state index contributed by atoms with van der Waals surface area (Å²) >= 11 is 5.83. The van der Waals surface area contributed by atoms with E-state index in [1.807, 2.05) is 6.92 Å². The van der Waals surface area contributed by atoms with Gasteiger partial charge in [0.15, 0.2) is 0 Å². The Morgan fingerprint density at radius 3 is 2.68 bits per heavy atom. The normalized spacial score (nSPS) is 12.8. The van der Waals surface area contributed by atoms with Crippen molar-refractivity contribution in [3.63, 3.8) is 0 Å². The molecule has 0 aliphatic rings. The average molecular weight is 369 g/mol. The van der Waals surface area contributed by atoms with Gasteiger partial charge in [-0.25, -0.2) is 14.6 Å². The van der Waals surface area contributed by atoms with Crippen molar-refractivity contribution in [1.29, 1.82) is 0 Å². The fraction of sp³-hybridized carbons (Fsp3) is 0.500. The summed E-state index contributed by atoms with van der Waals surface area (Å²) in [6.07, 6.45) is 1.49. The first-order valence-corrected chi connectivity index (χ1v) is 8.23. The number of rotatable bonds is 5. The fourth-order valence-corrected chi connectivity index (χ4v) is 2.48. The minimum Gasteiger partial charge on any atom is -0.477 e. The molecule has 0 aliphatic heterocycles. The van der Waals surface area contributed by atoms with Gasteiger partial charge in [0, 0.05) is 24.2 Å². The van der Waals surface area contributed by atoms with Crippen LogP contribution in [0.15, 0.2) is 12.3 Å². The number of carboxylic acid groups (broad SMARTS) is 1. The van der Waals surface area contributed by atoms with E-state index in [-0.39, 0.29) is 23.6 Å². The molecule has 1 atom stereocenters. The van der Waals surface area contributed by atoms with E-state index in [1.54, 1.807) is 20.8 Å². The zero-order valence-corrected chi connectivity index (χ0v) is 15.3. The van der Waals surface area contributed by atoms with Crippen molar-refractivity contribution in [3.8, 4) is 0 Å². The molecule has 1 amide bonds. The lowest BCUT2D eigenvalue weighted by atomic mass is 10.2. The summed E-state index contributed by atoms with van der Waals surface area (Å²) in [4.78, 5) is 31.5. The topological polar surface area (TPSA) is 106 Å². The van der Waals surface area contributed by atoms with Crippen LogP contribution < -0.4 is 5.32 Å². The van der Waals surface area contributed by atoms with Gasteiger partial charge in [0.25, 0.3) is 0 Å². The summed E-state index contributed by atoms with van der Waals surface area (Å²) in [5.41, 5.74) is -0.159. The third-order valence-corrected chi connectivity index (χ3v) is 3.62. The number of carboxylic acids is 1. The smallest absolute Gasteiger partial charge is 0.407 e. The molecule has 8 nitrogen and oxygen atoms in total. The zero-order chi connectivity index (χ0) is 18.8. The van der Waals surface area contributed by atoms with Gasteiger partial charge in [0.1, 0.15) is 16.9 Å². The van der Waals surface area contributed by atoms with Crippen molar-refractivity contribution in [2.45, 2.75) is 52.3 Å². The van der Waals surface area contributed by atoms with E-state index >= 15 is 0 Å². The Balaban J connectivity index is 2.30. The Morgan fingerprint density at radius 2 is 2.12 bits per heavy atom. The molecule has 136 valence electrons. The highest BCUT2D eigenvalue weighted by molar-refractivity contribution is 6.28. The molecule has 0 aromatic carbocycles. The standard InChI is InChI=1S/C16H21ClN4O4/c1-5-10(19-15(24)25-16(2,3)4)8-21-11(13(22)23)6-9-7-18-14(17)20-12(9)21/h6-7,10H,5,8H2,1-4H3,(H,19,24)(H,22,23). The highest BCUT2D eigenvalue weighted by atomic mass is 35.5. The molecule has 25 heavy (non-hydrogen) atoms. The van der Waals surface area contributed by atoms with Crippen LogP contribution >= 0.6 is 11.6 Å². The van der Waals surface area contributed by atoms with Gasteiger partial charge in [-0.3, -0.25) is 0 Å². The third-order valence-electron chi connectivity index (χ3n) is 3.44. The van der Waals surface area contributed by atoms with Crippen LogP contribution in [-0.4, -0.2) is 43.3 Å². The summed E-state index contributed by atoms with van der Waals surface area (Å²) in [7, 11) is 0. The number of halogens is 1. The first kappa shape index (κ1) is 19.0. The van der Waals surface area contributed by atoms with E-state index in [0.29, 0.717) is 17.5 Å². The predicted molar refractivity (Wildman–Crippen MR) is 92.9 cm³/mol. The number of aromatic carboxylic acids is 1. The van der Waals surface area contributed by atoms with Gasteiger partial charge in [-0.15, -0.1) is 0 Å². The Morgan fingerprint density at radius 1 is 1.44 bits per heavy atom. The monoisotopic (exact) mass is 368 g/mol. The summed E-state index contributed by atoms with van der Waals surface area (Å²) in [5, 5.41) is 12.8. The number of ether oxygens (including phenoxy) is 1. The minimum atomic E-state index is -1.10. The van der Waals surface area contributed by atoms with Crippen LogP contribution in [0.3, 0.4) is 0 Å². The van der Waals surface area contributed by atoms with Crippen LogP contribution in [0.25, 0.3) is 11.0 Å². The van der Waals surface area contributed by atoms with E-state index in [4.69, 9.17) is 16.3 Å². The number of alkyl carbamates (subject to hydrolysis) is 1. The van der Waals surface area contributed by atoms with Crippen LogP contribution in [0.4, 0.5) is 4.79 Å². The average Bonchev–Trinajstić information content (AvgIpc) is 2.83. The lowest BCUT2D eigenvalue weighted by molar-refractivity contribution is 0.0498. The van der Waals surface area contributed by atoms with Crippen LogP contribution in [0.5, 0.6) is 0 Å². The Bertz CT molecular complexity index is 797. The molecule has 2 aromatic rings. The molecular formula is C16H21ClN4O4. The molecule has 0 saturated heterocycles. The summed E-state index contributed by atoms with van der Waals surface area (Å²) in [6.45, 7) is 7.42. The summed E-state index contributed by atoms with van der Waals surface area (Å²) in [5.74, 6) is -1.10. The van der Waals surface area contributed by atoms with Gasteiger partial charge in [0.2, 0.25) is 5.28 Å². The molecule has 0 aliphatic carbocycles. The van der Waals surface area contributed by atoms with Gasteiger partial charge >= 0.3 is 12.1 Å². The SMILES string of the molecule is CCC(Cn1c(C(=O)O)cc2cnc(Cl)nc21)NC(=O)OC(C)(C)C. The lowest BCUT2D eigenvalue weighted by Gasteiger charge is -2.23. The van der Waals surface area contributed by atoms with E-state index in [1.165, 1.54) is 16.8 Å². The Labute approximate surface area is 150 Å². The lowest BCUT2D eigenvalue weighted by Crippen LogP contribution is -2.41. The number of hydrogen-bond acceptors (Lipinski definition) is 5. The van der Waals surface area contributed by atoms with Crippen molar-refractivity contribution >= 4 is 34.7 Å². The molecule has 0 radical (unpaired) electrons. The van der Waals surface area contributed by atoms with E-state index in [2.05, 4.69) is 15.3 Å². The number of hydrogen-bond donors (Lipinski definition) is 2.